The highest BCUT2D eigenvalue weighted by Crippen LogP contribution is 2.20. The van der Waals surface area contributed by atoms with Crippen LogP contribution in [-0.4, -0.2) is 17.6 Å². The van der Waals surface area contributed by atoms with Crippen molar-refractivity contribution in [1.82, 2.24) is 0 Å². The lowest BCUT2D eigenvalue weighted by Gasteiger charge is -2.22. The van der Waals surface area contributed by atoms with E-state index in [4.69, 9.17) is 22.1 Å². The lowest BCUT2D eigenvalue weighted by Crippen LogP contribution is -2.39. The lowest BCUT2D eigenvalue weighted by molar-refractivity contribution is -0.156. The third kappa shape index (κ3) is 4.27. The largest absolute Gasteiger partial charge is 0.459 e. The monoisotopic (exact) mass is 273 g/mol. The van der Waals surface area contributed by atoms with Crippen molar-refractivity contribution in [2.24, 2.45) is 5.73 Å². The number of hydrogen-bond donors (Lipinski definition) is 1. The van der Waals surface area contributed by atoms with Crippen LogP contribution in [0.1, 0.15) is 26.3 Å². The first-order valence-corrected chi connectivity index (χ1v) is 6.00. The highest BCUT2D eigenvalue weighted by atomic mass is 35.5. The van der Waals surface area contributed by atoms with Crippen LogP contribution in [0.3, 0.4) is 0 Å². The molecular formula is C13H17ClFNO2. The van der Waals surface area contributed by atoms with Gasteiger partial charge in [-0.25, -0.2) is 4.39 Å². The zero-order valence-corrected chi connectivity index (χ0v) is 11.4. The van der Waals surface area contributed by atoms with Gasteiger partial charge in [-0.2, -0.15) is 0 Å². The summed E-state index contributed by atoms with van der Waals surface area (Å²) in [7, 11) is 0. The molecule has 0 radical (unpaired) electrons. The SMILES string of the molecule is CC(C)(C)OC(=O)C(N)Cc1c(F)cccc1Cl. The average molecular weight is 274 g/mol. The van der Waals surface area contributed by atoms with Gasteiger partial charge in [0.25, 0.3) is 0 Å². The first kappa shape index (κ1) is 14.9. The van der Waals surface area contributed by atoms with Gasteiger partial charge in [-0.15, -0.1) is 0 Å². The molecule has 1 aromatic carbocycles. The van der Waals surface area contributed by atoms with Crippen molar-refractivity contribution in [3.63, 3.8) is 0 Å². The van der Waals surface area contributed by atoms with Crippen molar-refractivity contribution >= 4 is 17.6 Å². The van der Waals surface area contributed by atoms with Gasteiger partial charge in [0.05, 0.1) is 0 Å². The van der Waals surface area contributed by atoms with E-state index in [1.165, 1.54) is 12.1 Å². The van der Waals surface area contributed by atoms with E-state index in [9.17, 15) is 9.18 Å². The summed E-state index contributed by atoms with van der Waals surface area (Å²) in [4.78, 5) is 11.7. The molecule has 0 spiro atoms. The molecule has 1 unspecified atom stereocenters. The van der Waals surface area contributed by atoms with E-state index < -0.39 is 23.4 Å². The Kier molecular flexibility index (Phi) is 4.71. The molecule has 1 atom stereocenters. The molecule has 1 aromatic rings. The lowest BCUT2D eigenvalue weighted by atomic mass is 10.1. The Morgan fingerprint density at radius 1 is 1.50 bits per heavy atom. The topological polar surface area (TPSA) is 52.3 Å². The number of halogens is 2. The van der Waals surface area contributed by atoms with Gasteiger partial charge in [0, 0.05) is 17.0 Å². The first-order valence-electron chi connectivity index (χ1n) is 5.62. The van der Waals surface area contributed by atoms with Gasteiger partial charge in [0.1, 0.15) is 17.5 Å². The summed E-state index contributed by atoms with van der Waals surface area (Å²) in [6, 6.07) is 3.41. The van der Waals surface area contributed by atoms with Gasteiger partial charge < -0.3 is 10.5 Å². The zero-order valence-electron chi connectivity index (χ0n) is 10.7. The number of carbonyl (C=O) groups excluding carboxylic acids is 1. The molecule has 18 heavy (non-hydrogen) atoms. The van der Waals surface area contributed by atoms with Crippen molar-refractivity contribution < 1.29 is 13.9 Å². The maximum atomic E-state index is 13.5. The van der Waals surface area contributed by atoms with E-state index in [0.29, 0.717) is 0 Å². The minimum atomic E-state index is -0.932. The van der Waals surface area contributed by atoms with E-state index in [-0.39, 0.29) is 17.0 Å². The second kappa shape index (κ2) is 5.67. The van der Waals surface area contributed by atoms with Gasteiger partial charge in [-0.1, -0.05) is 17.7 Å². The normalized spacial score (nSPS) is 13.2. The van der Waals surface area contributed by atoms with Gasteiger partial charge >= 0.3 is 5.97 Å². The summed E-state index contributed by atoms with van der Waals surface area (Å²) < 4.78 is 18.6. The fraction of sp³-hybridized carbons (Fsp3) is 0.462. The third-order valence-corrected chi connectivity index (χ3v) is 2.55. The van der Waals surface area contributed by atoms with Gasteiger partial charge in [0.15, 0.2) is 0 Å². The van der Waals surface area contributed by atoms with Crippen LogP contribution in [0.15, 0.2) is 18.2 Å². The number of carbonyl (C=O) groups is 1. The fourth-order valence-electron chi connectivity index (χ4n) is 1.41. The second-order valence-electron chi connectivity index (χ2n) is 5.04. The number of nitrogens with two attached hydrogens (primary N) is 1. The predicted molar refractivity (Wildman–Crippen MR) is 68.9 cm³/mol. The fourth-order valence-corrected chi connectivity index (χ4v) is 1.65. The molecule has 1 rings (SSSR count). The molecule has 0 aliphatic heterocycles. The van der Waals surface area contributed by atoms with Crippen molar-refractivity contribution in [1.29, 1.82) is 0 Å². The molecule has 0 saturated carbocycles. The van der Waals surface area contributed by atoms with Crippen LogP contribution in [0.2, 0.25) is 5.02 Å². The Balaban J connectivity index is 2.76. The molecule has 0 heterocycles. The number of esters is 1. The van der Waals surface area contributed by atoms with E-state index in [2.05, 4.69) is 0 Å². The van der Waals surface area contributed by atoms with Gasteiger partial charge in [-0.05, 0) is 32.9 Å². The van der Waals surface area contributed by atoms with Gasteiger partial charge in [0.2, 0.25) is 0 Å². The molecule has 0 fully saturated rings. The molecule has 0 aliphatic rings. The Morgan fingerprint density at radius 3 is 2.61 bits per heavy atom. The Morgan fingerprint density at radius 2 is 2.11 bits per heavy atom. The van der Waals surface area contributed by atoms with Crippen LogP contribution in [-0.2, 0) is 16.0 Å². The van der Waals surface area contributed by atoms with Crippen LogP contribution in [0.4, 0.5) is 4.39 Å². The molecule has 2 N–H and O–H groups in total. The van der Waals surface area contributed by atoms with Crippen LogP contribution >= 0.6 is 11.6 Å². The van der Waals surface area contributed by atoms with Crippen LogP contribution in [0, 0.1) is 5.82 Å². The maximum absolute atomic E-state index is 13.5. The minimum absolute atomic E-state index is 0.0143. The zero-order chi connectivity index (χ0) is 13.9. The summed E-state index contributed by atoms with van der Waals surface area (Å²) in [5.74, 6) is -1.04. The molecule has 3 nitrogen and oxygen atoms in total. The Bertz CT molecular complexity index is 423. The molecule has 0 bridgehead atoms. The summed E-state index contributed by atoms with van der Waals surface area (Å²) in [6.07, 6.45) is 0.0143. The van der Waals surface area contributed by atoms with E-state index >= 15 is 0 Å². The van der Waals surface area contributed by atoms with E-state index in [1.54, 1.807) is 26.8 Å². The van der Waals surface area contributed by atoms with Crippen molar-refractivity contribution in [3.05, 3.63) is 34.6 Å². The standard InChI is InChI=1S/C13H17ClFNO2/c1-13(2,3)18-12(17)11(16)7-8-9(14)5-4-6-10(8)15/h4-6,11H,7,16H2,1-3H3. The van der Waals surface area contributed by atoms with Crippen LogP contribution < -0.4 is 5.73 Å². The van der Waals surface area contributed by atoms with Gasteiger partial charge in [-0.3, -0.25) is 4.79 Å². The number of benzene rings is 1. The Hall–Kier alpha value is -1.13. The molecule has 0 aromatic heterocycles. The molecular weight excluding hydrogens is 257 g/mol. The number of rotatable bonds is 3. The van der Waals surface area contributed by atoms with Crippen molar-refractivity contribution in [3.8, 4) is 0 Å². The maximum Gasteiger partial charge on any atom is 0.323 e. The first-order chi connectivity index (χ1) is 8.20. The Labute approximate surface area is 111 Å². The highest BCUT2D eigenvalue weighted by molar-refractivity contribution is 6.31. The highest BCUT2D eigenvalue weighted by Gasteiger charge is 2.24. The summed E-state index contributed by atoms with van der Waals surface area (Å²) >= 11 is 5.86. The number of ether oxygens (including phenoxy) is 1. The predicted octanol–water partition coefficient (Wildman–Crippen LogP) is 2.69. The summed E-state index contributed by atoms with van der Waals surface area (Å²) in [5.41, 5.74) is 5.31. The average Bonchev–Trinajstić information content (AvgIpc) is 2.21. The second-order valence-corrected chi connectivity index (χ2v) is 5.45. The van der Waals surface area contributed by atoms with Crippen LogP contribution in [0.25, 0.3) is 0 Å². The van der Waals surface area contributed by atoms with E-state index in [1.807, 2.05) is 0 Å². The summed E-state index contributed by atoms with van der Waals surface area (Å²) in [5, 5.41) is 0.258. The molecule has 5 heteroatoms. The van der Waals surface area contributed by atoms with E-state index in [0.717, 1.165) is 0 Å². The molecule has 0 saturated heterocycles. The molecule has 100 valence electrons. The van der Waals surface area contributed by atoms with Crippen molar-refractivity contribution in [2.45, 2.75) is 38.8 Å². The number of hydrogen-bond acceptors (Lipinski definition) is 3. The van der Waals surface area contributed by atoms with Crippen LogP contribution in [0.5, 0.6) is 0 Å². The smallest absolute Gasteiger partial charge is 0.323 e. The molecule has 0 amide bonds. The summed E-state index contributed by atoms with van der Waals surface area (Å²) in [6.45, 7) is 5.23. The quantitative estimate of drug-likeness (QED) is 0.862. The van der Waals surface area contributed by atoms with Crippen molar-refractivity contribution in [2.75, 3.05) is 0 Å². The molecule has 0 aliphatic carbocycles. The minimum Gasteiger partial charge on any atom is -0.459 e. The third-order valence-electron chi connectivity index (χ3n) is 2.20.